The Balaban J connectivity index is 2.05. The minimum atomic E-state index is -1.33. The van der Waals surface area contributed by atoms with E-state index in [2.05, 4.69) is 24.1 Å². The predicted molar refractivity (Wildman–Crippen MR) is 106 cm³/mol. The van der Waals surface area contributed by atoms with Crippen molar-refractivity contribution in [3.8, 4) is 0 Å². The summed E-state index contributed by atoms with van der Waals surface area (Å²) in [5.41, 5.74) is -0.667. The summed E-state index contributed by atoms with van der Waals surface area (Å²) in [5, 5.41) is 36.8. The number of amides is 1. The third kappa shape index (κ3) is 5.68. The van der Waals surface area contributed by atoms with Gasteiger partial charge in [0.2, 0.25) is 5.91 Å². The molecule has 2 fully saturated rings. The first kappa shape index (κ1) is 22.6. The van der Waals surface area contributed by atoms with Crippen LogP contribution in [0.1, 0.15) is 39.0 Å². The molecule has 8 heteroatoms. The third-order valence-corrected chi connectivity index (χ3v) is 6.36. The Hall–Kier alpha value is -0.640. The predicted octanol–water partition coefficient (Wildman–Crippen LogP) is 0.386. The standard InChI is InChI=1S/C19H34N2O5S/c1-4-6-11-8-9-20-13(10-11)18(25)21-12(7-5-2)17-15(23)14(22)16(24)19(26-17)27-3/h5,11-17,19-20,22-24H,2,4,6-10H2,1,3H3,(H,21,25). The SMILES string of the molecule is C=CCC(NC(=O)C1CC(CCC)CCN1)C1OC(SC)C(O)C(O)C1O. The summed E-state index contributed by atoms with van der Waals surface area (Å²) < 4.78 is 5.81. The van der Waals surface area contributed by atoms with Crippen molar-refractivity contribution in [1.82, 2.24) is 10.6 Å². The number of ether oxygens (including phenoxy) is 1. The molecule has 7 nitrogen and oxygen atoms in total. The molecule has 2 heterocycles. The molecule has 2 aliphatic rings. The van der Waals surface area contributed by atoms with Gasteiger partial charge in [-0.3, -0.25) is 4.79 Å². The Morgan fingerprint density at radius 1 is 1.37 bits per heavy atom. The van der Waals surface area contributed by atoms with Gasteiger partial charge in [0, 0.05) is 0 Å². The van der Waals surface area contributed by atoms with Crippen molar-refractivity contribution >= 4 is 17.7 Å². The van der Waals surface area contributed by atoms with Crippen LogP contribution in [0, 0.1) is 5.92 Å². The fourth-order valence-corrected chi connectivity index (χ4v) is 4.68. The highest BCUT2D eigenvalue weighted by atomic mass is 32.2. The lowest BCUT2D eigenvalue weighted by Crippen LogP contribution is -2.63. The fraction of sp³-hybridized carbons (Fsp3) is 0.842. The quantitative estimate of drug-likeness (QED) is 0.373. The highest BCUT2D eigenvalue weighted by molar-refractivity contribution is 7.99. The molecule has 2 aliphatic heterocycles. The van der Waals surface area contributed by atoms with Gasteiger partial charge in [-0.05, 0) is 38.0 Å². The fourth-order valence-electron chi connectivity index (χ4n) is 4.01. The zero-order valence-corrected chi connectivity index (χ0v) is 17.0. The molecular weight excluding hydrogens is 368 g/mol. The molecule has 2 rings (SSSR count). The molecule has 2 saturated heterocycles. The van der Waals surface area contributed by atoms with Gasteiger partial charge in [-0.1, -0.05) is 25.8 Å². The first-order chi connectivity index (χ1) is 12.9. The molecule has 0 bridgehead atoms. The van der Waals surface area contributed by atoms with Gasteiger partial charge in [0.25, 0.3) is 0 Å². The number of thioether (sulfide) groups is 1. The van der Waals surface area contributed by atoms with E-state index in [0.717, 1.165) is 32.2 Å². The summed E-state index contributed by atoms with van der Waals surface area (Å²) in [7, 11) is 0. The maximum absolute atomic E-state index is 12.8. The van der Waals surface area contributed by atoms with Gasteiger partial charge in [0.15, 0.2) is 0 Å². The number of aliphatic hydroxyl groups is 3. The first-order valence-electron chi connectivity index (χ1n) is 9.80. The lowest BCUT2D eigenvalue weighted by molar-refractivity contribution is -0.205. The van der Waals surface area contributed by atoms with Gasteiger partial charge in [-0.25, -0.2) is 0 Å². The highest BCUT2D eigenvalue weighted by Crippen LogP contribution is 2.29. The molecule has 8 atom stereocenters. The first-order valence-corrected chi connectivity index (χ1v) is 11.1. The zero-order chi connectivity index (χ0) is 20.0. The average molecular weight is 403 g/mol. The highest BCUT2D eigenvalue weighted by Gasteiger charge is 2.46. The second-order valence-corrected chi connectivity index (χ2v) is 8.44. The lowest BCUT2D eigenvalue weighted by atomic mass is 9.88. The minimum Gasteiger partial charge on any atom is -0.388 e. The van der Waals surface area contributed by atoms with E-state index in [0.29, 0.717) is 12.3 Å². The summed E-state index contributed by atoms with van der Waals surface area (Å²) in [6.45, 7) is 6.70. The van der Waals surface area contributed by atoms with Crippen LogP contribution in [0.3, 0.4) is 0 Å². The van der Waals surface area contributed by atoms with Crippen LogP contribution in [0.25, 0.3) is 0 Å². The van der Waals surface area contributed by atoms with Crippen molar-refractivity contribution in [2.24, 2.45) is 5.92 Å². The zero-order valence-electron chi connectivity index (χ0n) is 16.2. The average Bonchev–Trinajstić information content (AvgIpc) is 2.66. The number of nitrogens with one attached hydrogen (secondary N) is 2. The van der Waals surface area contributed by atoms with E-state index < -0.39 is 35.9 Å². The van der Waals surface area contributed by atoms with Crippen molar-refractivity contribution in [2.45, 2.75) is 81.0 Å². The lowest BCUT2D eigenvalue weighted by Gasteiger charge is -2.43. The van der Waals surface area contributed by atoms with Crippen LogP contribution in [0.2, 0.25) is 0 Å². The van der Waals surface area contributed by atoms with Crippen LogP contribution in [-0.2, 0) is 9.53 Å². The molecule has 0 radical (unpaired) electrons. The smallest absolute Gasteiger partial charge is 0.237 e. The molecule has 0 spiro atoms. The number of hydrogen-bond acceptors (Lipinski definition) is 7. The second-order valence-electron chi connectivity index (χ2n) is 7.50. The van der Waals surface area contributed by atoms with Crippen LogP contribution >= 0.6 is 11.8 Å². The second kappa shape index (κ2) is 10.8. The van der Waals surface area contributed by atoms with Crippen LogP contribution in [0.4, 0.5) is 0 Å². The Labute approximate surface area is 165 Å². The number of aliphatic hydroxyl groups excluding tert-OH is 3. The summed E-state index contributed by atoms with van der Waals surface area (Å²) in [5.74, 6) is 0.416. The topological polar surface area (TPSA) is 111 Å². The molecular formula is C19H34N2O5S. The third-order valence-electron chi connectivity index (χ3n) is 5.51. The minimum absolute atomic E-state index is 0.125. The van der Waals surface area contributed by atoms with E-state index in [-0.39, 0.29) is 11.9 Å². The van der Waals surface area contributed by atoms with Gasteiger partial charge in [-0.2, -0.15) is 0 Å². The molecule has 5 N–H and O–H groups in total. The molecule has 156 valence electrons. The number of rotatable bonds is 8. The van der Waals surface area contributed by atoms with Gasteiger partial charge < -0.3 is 30.7 Å². The summed E-state index contributed by atoms with van der Waals surface area (Å²) in [6, 6.07) is -0.801. The summed E-state index contributed by atoms with van der Waals surface area (Å²) in [4.78, 5) is 12.8. The van der Waals surface area contributed by atoms with E-state index in [4.69, 9.17) is 4.74 Å². The molecule has 0 aliphatic carbocycles. The van der Waals surface area contributed by atoms with Gasteiger partial charge in [0.1, 0.15) is 29.9 Å². The largest absolute Gasteiger partial charge is 0.388 e. The van der Waals surface area contributed by atoms with Crippen LogP contribution in [0.15, 0.2) is 12.7 Å². The molecule has 0 saturated carbocycles. The van der Waals surface area contributed by atoms with E-state index in [9.17, 15) is 20.1 Å². The van der Waals surface area contributed by atoms with E-state index in [1.807, 2.05) is 0 Å². The van der Waals surface area contributed by atoms with E-state index >= 15 is 0 Å². The molecule has 1 amide bonds. The maximum Gasteiger partial charge on any atom is 0.237 e. The van der Waals surface area contributed by atoms with Gasteiger partial charge >= 0.3 is 0 Å². The van der Waals surface area contributed by atoms with Crippen molar-refractivity contribution in [2.75, 3.05) is 12.8 Å². The van der Waals surface area contributed by atoms with Crippen molar-refractivity contribution in [1.29, 1.82) is 0 Å². The van der Waals surface area contributed by atoms with Crippen LogP contribution in [-0.4, -0.2) is 76.0 Å². The molecule has 0 aromatic rings. The summed E-state index contributed by atoms with van der Waals surface area (Å²) >= 11 is 1.26. The normalized spacial score (nSPS) is 38.2. The Morgan fingerprint density at radius 2 is 2.11 bits per heavy atom. The maximum atomic E-state index is 12.8. The van der Waals surface area contributed by atoms with Crippen molar-refractivity contribution in [3.63, 3.8) is 0 Å². The van der Waals surface area contributed by atoms with Gasteiger partial charge in [-0.15, -0.1) is 18.3 Å². The molecule has 0 aromatic heterocycles. The molecule has 8 unspecified atom stereocenters. The number of hydrogen-bond donors (Lipinski definition) is 5. The Kier molecular flexibility index (Phi) is 9.04. The Bertz CT molecular complexity index is 491. The molecule has 0 aromatic carbocycles. The number of piperidine rings is 1. The molecule has 27 heavy (non-hydrogen) atoms. The van der Waals surface area contributed by atoms with Gasteiger partial charge in [0.05, 0.1) is 12.1 Å². The van der Waals surface area contributed by atoms with E-state index in [1.54, 1.807) is 12.3 Å². The number of carbonyl (C=O) groups excluding carboxylic acids is 1. The monoisotopic (exact) mass is 402 g/mol. The number of carbonyl (C=O) groups is 1. The summed E-state index contributed by atoms with van der Waals surface area (Å²) in [6.07, 6.45) is 3.29. The van der Waals surface area contributed by atoms with Crippen LogP contribution < -0.4 is 10.6 Å². The van der Waals surface area contributed by atoms with E-state index in [1.165, 1.54) is 11.8 Å². The van der Waals surface area contributed by atoms with Crippen LogP contribution in [0.5, 0.6) is 0 Å². The Morgan fingerprint density at radius 3 is 2.74 bits per heavy atom. The van der Waals surface area contributed by atoms with Crippen molar-refractivity contribution < 1.29 is 24.9 Å². The van der Waals surface area contributed by atoms with Crippen molar-refractivity contribution in [3.05, 3.63) is 12.7 Å².